The minimum absolute atomic E-state index is 0.0484. The van der Waals surface area contributed by atoms with E-state index in [1.54, 1.807) is 16.5 Å². The fourth-order valence-corrected chi connectivity index (χ4v) is 3.31. The van der Waals surface area contributed by atoms with E-state index in [2.05, 4.69) is 15.6 Å². The van der Waals surface area contributed by atoms with Crippen LogP contribution in [0.5, 0.6) is 0 Å². The van der Waals surface area contributed by atoms with E-state index < -0.39 is 5.97 Å². The van der Waals surface area contributed by atoms with Crippen molar-refractivity contribution in [1.82, 2.24) is 20.0 Å². The first kappa shape index (κ1) is 22.0. The summed E-state index contributed by atoms with van der Waals surface area (Å²) in [6.07, 6.45) is 4.57. The van der Waals surface area contributed by atoms with Crippen LogP contribution in [0.1, 0.15) is 57.8 Å². The third-order valence-electron chi connectivity index (χ3n) is 4.98. The lowest BCUT2D eigenvalue weighted by atomic mass is 10.1. The van der Waals surface area contributed by atoms with Crippen LogP contribution in [-0.4, -0.2) is 38.8 Å². The standard InChI is InChI=1S/C23H26N4O4/c1-16-21(27-14-6-4-7-19(27)26-16)22(29)24-13-5-2-3-8-20(28)25-15-17-9-11-18(12-10-17)23(30)31/h4,6-7,9-12,14H,2-3,5,8,13,15H2,1H3,(H,24,29)(H,25,28)(H,30,31). The molecular formula is C23H26N4O4. The second-order valence-electron chi connectivity index (χ2n) is 7.32. The highest BCUT2D eigenvalue weighted by atomic mass is 16.4. The molecule has 0 aliphatic carbocycles. The van der Waals surface area contributed by atoms with Gasteiger partial charge in [0, 0.05) is 25.7 Å². The molecule has 0 bridgehead atoms. The zero-order valence-corrected chi connectivity index (χ0v) is 17.4. The lowest BCUT2D eigenvalue weighted by Crippen LogP contribution is -2.26. The Kier molecular flexibility index (Phi) is 7.37. The van der Waals surface area contributed by atoms with Gasteiger partial charge in [0.05, 0.1) is 11.3 Å². The Balaban J connectivity index is 1.32. The number of aromatic nitrogens is 2. The van der Waals surface area contributed by atoms with E-state index in [0.29, 0.717) is 30.9 Å². The van der Waals surface area contributed by atoms with Gasteiger partial charge in [0.1, 0.15) is 11.3 Å². The average molecular weight is 422 g/mol. The number of benzene rings is 1. The van der Waals surface area contributed by atoms with Crippen molar-refractivity contribution in [3.63, 3.8) is 0 Å². The van der Waals surface area contributed by atoms with Gasteiger partial charge in [-0.15, -0.1) is 0 Å². The molecule has 2 amide bonds. The Morgan fingerprint density at radius 1 is 1.00 bits per heavy atom. The van der Waals surface area contributed by atoms with Crippen LogP contribution in [0.15, 0.2) is 48.7 Å². The number of rotatable bonds is 10. The van der Waals surface area contributed by atoms with Gasteiger partial charge in [-0.05, 0) is 49.6 Å². The summed E-state index contributed by atoms with van der Waals surface area (Å²) in [6, 6.07) is 12.0. The molecule has 0 aliphatic heterocycles. The van der Waals surface area contributed by atoms with Crippen LogP contribution in [0.25, 0.3) is 5.65 Å². The van der Waals surface area contributed by atoms with Crippen LogP contribution >= 0.6 is 0 Å². The van der Waals surface area contributed by atoms with Crippen LogP contribution in [-0.2, 0) is 11.3 Å². The molecule has 0 atom stereocenters. The van der Waals surface area contributed by atoms with E-state index in [1.807, 2.05) is 31.3 Å². The molecule has 3 rings (SSSR count). The Hall–Kier alpha value is -3.68. The fraction of sp³-hybridized carbons (Fsp3) is 0.304. The number of carbonyl (C=O) groups is 3. The molecule has 3 N–H and O–H groups in total. The zero-order chi connectivity index (χ0) is 22.2. The van der Waals surface area contributed by atoms with Crippen molar-refractivity contribution < 1.29 is 19.5 Å². The maximum Gasteiger partial charge on any atom is 0.335 e. The number of unbranched alkanes of at least 4 members (excludes halogenated alkanes) is 2. The van der Waals surface area contributed by atoms with E-state index in [1.165, 1.54) is 12.1 Å². The normalized spacial score (nSPS) is 10.7. The predicted octanol–water partition coefficient (Wildman–Crippen LogP) is 2.95. The maximum atomic E-state index is 12.5. The maximum absolute atomic E-state index is 12.5. The van der Waals surface area contributed by atoms with Crippen molar-refractivity contribution in [3.05, 3.63) is 71.2 Å². The minimum Gasteiger partial charge on any atom is -0.478 e. The highest BCUT2D eigenvalue weighted by Crippen LogP contribution is 2.11. The number of amides is 2. The minimum atomic E-state index is -0.972. The van der Waals surface area contributed by atoms with E-state index in [4.69, 9.17) is 5.11 Å². The van der Waals surface area contributed by atoms with Gasteiger partial charge in [-0.2, -0.15) is 0 Å². The number of nitrogens with one attached hydrogen (secondary N) is 2. The molecule has 8 heteroatoms. The number of aryl methyl sites for hydroxylation is 1. The summed E-state index contributed by atoms with van der Waals surface area (Å²) in [5.74, 6) is -1.17. The Labute approximate surface area is 180 Å². The molecule has 2 aromatic heterocycles. The van der Waals surface area contributed by atoms with Gasteiger partial charge < -0.3 is 15.7 Å². The summed E-state index contributed by atoms with van der Waals surface area (Å²) >= 11 is 0. The van der Waals surface area contributed by atoms with Gasteiger partial charge in [0.25, 0.3) is 5.91 Å². The van der Waals surface area contributed by atoms with E-state index in [0.717, 1.165) is 30.5 Å². The number of carbonyl (C=O) groups excluding carboxylic acids is 2. The fourth-order valence-electron chi connectivity index (χ4n) is 3.31. The number of pyridine rings is 1. The quantitative estimate of drug-likeness (QED) is 0.435. The molecule has 0 saturated carbocycles. The van der Waals surface area contributed by atoms with Crippen molar-refractivity contribution in [2.24, 2.45) is 0 Å². The molecule has 2 heterocycles. The Morgan fingerprint density at radius 2 is 1.77 bits per heavy atom. The SMILES string of the molecule is Cc1nc2ccccn2c1C(=O)NCCCCCC(=O)NCc1ccc(C(=O)O)cc1. The number of imidazole rings is 1. The number of hydrogen-bond acceptors (Lipinski definition) is 4. The number of nitrogens with zero attached hydrogens (tertiary/aromatic N) is 2. The first-order chi connectivity index (χ1) is 15.0. The van der Waals surface area contributed by atoms with E-state index in [9.17, 15) is 14.4 Å². The molecule has 0 unspecified atom stereocenters. The van der Waals surface area contributed by atoms with Crippen molar-refractivity contribution in [1.29, 1.82) is 0 Å². The number of hydrogen-bond donors (Lipinski definition) is 3. The van der Waals surface area contributed by atoms with Crippen LogP contribution in [0.3, 0.4) is 0 Å². The van der Waals surface area contributed by atoms with Crippen molar-refractivity contribution in [2.75, 3.05) is 6.54 Å². The van der Waals surface area contributed by atoms with Crippen LogP contribution in [0, 0.1) is 6.92 Å². The summed E-state index contributed by atoms with van der Waals surface area (Å²) in [5, 5.41) is 14.6. The number of carboxylic acids is 1. The molecule has 8 nitrogen and oxygen atoms in total. The van der Waals surface area contributed by atoms with Gasteiger partial charge in [-0.25, -0.2) is 9.78 Å². The Morgan fingerprint density at radius 3 is 2.52 bits per heavy atom. The van der Waals surface area contributed by atoms with Crippen LogP contribution in [0.2, 0.25) is 0 Å². The predicted molar refractivity (Wildman–Crippen MR) is 116 cm³/mol. The van der Waals surface area contributed by atoms with Crippen molar-refractivity contribution in [2.45, 2.75) is 39.2 Å². The summed E-state index contributed by atoms with van der Waals surface area (Å²) in [4.78, 5) is 39.7. The van der Waals surface area contributed by atoms with Crippen LogP contribution in [0.4, 0.5) is 0 Å². The van der Waals surface area contributed by atoms with Gasteiger partial charge in [0.15, 0.2) is 0 Å². The lowest BCUT2D eigenvalue weighted by Gasteiger charge is -2.07. The first-order valence-corrected chi connectivity index (χ1v) is 10.3. The van der Waals surface area contributed by atoms with E-state index >= 15 is 0 Å². The monoisotopic (exact) mass is 422 g/mol. The highest BCUT2D eigenvalue weighted by molar-refractivity contribution is 5.94. The number of aromatic carboxylic acids is 1. The molecule has 0 fully saturated rings. The molecule has 0 spiro atoms. The van der Waals surface area contributed by atoms with Crippen LogP contribution < -0.4 is 10.6 Å². The van der Waals surface area contributed by atoms with Crippen molar-refractivity contribution >= 4 is 23.4 Å². The third kappa shape index (κ3) is 5.91. The second kappa shape index (κ2) is 10.4. The molecular weight excluding hydrogens is 396 g/mol. The van der Waals surface area contributed by atoms with Gasteiger partial charge in [-0.3, -0.25) is 14.0 Å². The molecule has 3 aromatic rings. The molecule has 162 valence electrons. The summed E-state index contributed by atoms with van der Waals surface area (Å²) < 4.78 is 1.78. The molecule has 1 aromatic carbocycles. The average Bonchev–Trinajstić information content (AvgIpc) is 3.10. The van der Waals surface area contributed by atoms with Gasteiger partial charge in [0.2, 0.25) is 5.91 Å². The second-order valence-corrected chi connectivity index (χ2v) is 7.32. The summed E-state index contributed by atoms with van der Waals surface area (Å²) in [5.41, 5.74) is 3.06. The first-order valence-electron chi connectivity index (χ1n) is 10.3. The summed E-state index contributed by atoms with van der Waals surface area (Å²) in [6.45, 7) is 2.73. The summed E-state index contributed by atoms with van der Waals surface area (Å²) in [7, 11) is 0. The molecule has 31 heavy (non-hydrogen) atoms. The number of fused-ring (bicyclic) bond motifs is 1. The lowest BCUT2D eigenvalue weighted by molar-refractivity contribution is -0.121. The largest absolute Gasteiger partial charge is 0.478 e. The highest BCUT2D eigenvalue weighted by Gasteiger charge is 2.15. The molecule has 0 saturated heterocycles. The van der Waals surface area contributed by atoms with Gasteiger partial charge in [-0.1, -0.05) is 24.6 Å². The van der Waals surface area contributed by atoms with Crippen molar-refractivity contribution in [3.8, 4) is 0 Å². The zero-order valence-electron chi connectivity index (χ0n) is 17.4. The molecule has 0 radical (unpaired) electrons. The van der Waals surface area contributed by atoms with Gasteiger partial charge >= 0.3 is 5.97 Å². The molecule has 0 aliphatic rings. The number of carboxylic acid groups (broad SMARTS) is 1. The topological polar surface area (TPSA) is 113 Å². The third-order valence-corrected chi connectivity index (χ3v) is 4.98. The smallest absolute Gasteiger partial charge is 0.335 e. The Bertz CT molecular complexity index is 1070. The van der Waals surface area contributed by atoms with E-state index in [-0.39, 0.29) is 17.4 Å².